The molecular formula is C12H14N2OS. The van der Waals surface area contributed by atoms with Gasteiger partial charge in [0.05, 0.1) is 15.7 Å². The minimum Gasteiger partial charge on any atom is -0.326 e. The van der Waals surface area contributed by atoms with E-state index in [0.29, 0.717) is 6.42 Å². The molecule has 0 radical (unpaired) electrons. The summed E-state index contributed by atoms with van der Waals surface area (Å²) >= 11 is 1.58. The van der Waals surface area contributed by atoms with E-state index in [2.05, 4.69) is 17.2 Å². The molecule has 1 aromatic carbocycles. The van der Waals surface area contributed by atoms with Crippen molar-refractivity contribution in [3.05, 3.63) is 23.7 Å². The molecule has 0 saturated heterocycles. The molecule has 1 amide bonds. The fraction of sp³-hybridized carbons (Fsp3) is 0.333. The van der Waals surface area contributed by atoms with Gasteiger partial charge >= 0.3 is 0 Å². The van der Waals surface area contributed by atoms with Gasteiger partial charge in [0, 0.05) is 12.1 Å². The van der Waals surface area contributed by atoms with Gasteiger partial charge in [-0.25, -0.2) is 4.98 Å². The van der Waals surface area contributed by atoms with Crippen molar-refractivity contribution < 1.29 is 4.79 Å². The van der Waals surface area contributed by atoms with Gasteiger partial charge < -0.3 is 5.32 Å². The number of anilines is 1. The maximum atomic E-state index is 11.5. The summed E-state index contributed by atoms with van der Waals surface area (Å²) < 4.78 is 1.10. The molecule has 3 nitrogen and oxygen atoms in total. The summed E-state index contributed by atoms with van der Waals surface area (Å²) in [7, 11) is 0. The predicted molar refractivity (Wildman–Crippen MR) is 67.8 cm³/mol. The summed E-state index contributed by atoms with van der Waals surface area (Å²) in [5, 5.41) is 2.90. The molecule has 0 bridgehead atoms. The first-order chi connectivity index (χ1) is 7.79. The average molecular weight is 234 g/mol. The second-order valence-corrected chi connectivity index (χ2v) is 4.57. The van der Waals surface area contributed by atoms with Crippen LogP contribution < -0.4 is 5.32 Å². The SMILES string of the molecule is CCCCC(=O)Nc1ccc2ncsc2c1. The third kappa shape index (κ3) is 2.58. The van der Waals surface area contributed by atoms with Crippen LogP contribution in [0.3, 0.4) is 0 Å². The monoisotopic (exact) mass is 234 g/mol. The Morgan fingerprint density at radius 1 is 1.50 bits per heavy atom. The molecule has 1 heterocycles. The first kappa shape index (κ1) is 11.1. The lowest BCUT2D eigenvalue weighted by Crippen LogP contribution is -2.10. The van der Waals surface area contributed by atoms with Crippen molar-refractivity contribution in [3.8, 4) is 0 Å². The van der Waals surface area contributed by atoms with Crippen LogP contribution in [0.5, 0.6) is 0 Å². The standard InChI is InChI=1S/C12H14N2OS/c1-2-3-4-12(15)14-9-5-6-10-11(7-9)16-8-13-10/h5-8H,2-4H2,1H3,(H,14,15). The van der Waals surface area contributed by atoms with E-state index in [1.54, 1.807) is 11.3 Å². The van der Waals surface area contributed by atoms with Gasteiger partial charge in [-0.2, -0.15) is 0 Å². The van der Waals surface area contributed by atoms with E-state index in [1.807, 2.05) is 23.7 Å². The highest BCUT2D eigenvalue weighted by atomic mass is 32.1. The molecule has 4 heteroatoms. The first-order valence-corrected chi connectivity index (χ1v) is 6.30. The number of rotatable bonds is 4. The lowest BCUT2D eigenvalue weighted by Gasteiger charge is -2.04. The highest BCUT2D eigenvalue weighted by molar-refractivity contribution is 7.16. The molecule has 1 N–H and O–H groups in total. The molecule has 16 heavy (non-hydrogen) atoms. The van der Waals surface area contributed by atoms with E-state index >= 15 is 0 Å². The smallest absolute Gasteiger partial charge is 0.224 e. The van der Waals surface area contributed by atoms with Gasteiger partial charge in [0.25, 0.3) is 0 Å². The second kappa shape index (κ2) is 5.07. The number of hydrogen-bond donors (Lipinski definition) is 1. The van der Waals surface area contributed by atoms with E-state index in [0.717, 1.165) is 28.7 Å². The number of fused-ring (bicyclic) bond motifs is 1. The third-order valence-corrected chi connectivity index (χ3v) is 3.16. The van der Waals surface area contributed by atoms with Gasteiger partial charge in [0.15, 0.2) is 0 Å². The quantitative estimate of drug-likeness (QED) is 0.880. The van der Waals surface area contributed by atoms with Crippen LogP contribution in [-0.2, 0) is 4.79 Å². The highest BCUT2D eigenvalue weighted by Gasteiger charge is 2.03. The number of nitrogens with one attached hydrogen (secondary N) is 1. The van der Waals surface area contributed by atoms with Gasteiger partial charge in [-0.3, -0.25) is 4.79 Å². The zero-order chi connectivity index (χ0) is 11.4. The highest BCUT2D eigenvalue weighted by Crippen LogP contribution is 2.21. The van der Waals surface area contributed by atoms with Gasteiger partial charge in [-0.15, -0.1) is 11.3 Å². The van der Waals surface area contributed by atoms with Crippen molar-refractivity contribution in [1.29, 1.82) is 0 Å². The number of nitrogens with zero attached hydrogens (tertiary/aromatic N) is 1. The maximum absolute atomic E-state index is 11.5. The van der Waals surface area contributed by atoms with Crippen LogP contribution in [0.1, 0.15) is 26.2 Å². The minimum absolute atomic E-state index is 0.0886. The zero-order valence-electron chi connectivity index (χ0n) is 9.19. The summed E-state index contributed by atoms with van der Waals surface area (Å²) in [5.74, 6) is 0.0886. The molecule has 0 atom stereocenters. The zero-order valence-corrected chi connectivity index (χ0v) is 10.0. The first-order valence-electron chi connectivity index (χ1n) is 5.42. The number of unbranched alkanes of at least 4 members (excludes halogenated alkanes) is 1. The van der Waals surface area contributed by atoms with Crippen LogP contribution in [0, 0.1) is 0 Å². The number of carbonyl (C=O) groups excluding carboxylic acids is 1. The van der Waals surface area contributed by atoms with Crippen molar-refractivity contribution in [1.82, 2.24) is 4.98 Å². The lowest BCUT2D eigenvalue weighted by atomic mass is 10.2. The van der Waals surface area contributed by atoms with Crippen molar-refractivity contribution in [2.45, 2.75) is 26.2 Å². The summed E-state index contributed by atoms with van der Waals surface area (Å²) in [4.78, 5) is 15.7. The molecule has 2 rings (SSSR count). The van der Waals surface area contributed by atoms with Crippen LogP contribution in [-0.4, -0.2) is 10.9 Å². The van der Waals surface area contributed by atoms with Crippen LogP contribution >= 0.6 is 11.3 Å². The normalized spacial score (nSPS) is 10.6. The molecular weight excluding hydrogens is 220 g/mol. The minimum atomic E-state index is 0.0886. The van der Waals surface area contributed by atoms with Crippen LogP contribution in [0.4, 0.5) is 5.69 Å². The largest absolute Gasteiger partial charge is 0.326 e. The molecule has 0 unspecified atom stereocenters. The van der Waals surface area contributed by atoms with Crippen LogP contribution in [0.15, 0.2) is 23.7 Å². The summed E-state index contributed by atoms with van der Waals surface area (Å²) in [6.45, 7) is 2.08. The Kier molecular flexibility index (Phi) is 3.51. The molecule has 0 saturated carbocycles. The summed E-state index contributed by atoms with van der Waals surface area (Å²) in [6.07, 6.45) is 2.58. The predicted octanol–water partition coefficient (Wildman–Crippen LogP) is 3.43. The van der Waals surface area contributed by atoms with Crippen molar-refractivity contribution in [2.24, 2.45) is 0 Å². The number of carbonyl (C=O) groups is 1. The van der Waals surface area contributed by atoms with Crippen LogP contribution in [0.2, 0.25) is 0 Å². The lowest BCUT2D eigenvalue weighted by molar-refractivity contribution is -0.116. The van der Waals surface area contributed by atoms with Crippen molar-refractivity contribution >= 4 is 33.1 Å². The molecule has 0 fully saturated rings. The van der Waals surface area contributed by atoms with E-state index in [1.165, 1.54) is 0 Å². The fourth-order valence-corrected chi connectivity index (χ4v) is 2.21. The molecule has 84 valence electrons. The number of aromatic nitrogens is 1. The molecule has 1 aromatic heterocycles. The fourth-order valence-electron chi connectivity index (χ4n) is 1.49. The maximum Gasteiger partial charge on any atom is 0.224 e. The van der Waals surface area contributed by atoms with E-state index in [9.17, 15) is 4.79 Å². The Morgan fingerprint density at radius 3 is 3.19 bits per heavy atom. The number of hydrogen-bond acceptors (Lipinski definition) is 3. The average Bonchev–Trinajstić information content (AvgIpc) is 2.73. The Morgan fingerprint density at radius 2 is 2.38 bits per heavy atom. The summed E-state index contributed by atoms with van der Waals surface area (Å²) in [5.41, 5.74) is 3.65. The van der Waals surface area contributed by atoms with Crippen LogP contribution in [0.25, 0.3) is 10.2 Å². The topological polar surface area (TPSA) is 42.0 Å². The number of thiazole rings is 1. The summed E-state index contributed by atoms with van der Waals surface area (Å²) in [6, 6.07) is 5.80. The van der Waals surface area contributed by atoms with Crippen molar-refractivity contribution in [3.63, 3.8) is 0 Å². The van der Waals surface area contributed by atoms with E-state index in [4.69, 9.17) is 0 Å². The Labute approximate surface area is 98.5 Å². The number of benzene rings is 1. The molecule has 0 aliphatic rings. The van der Waals surface area contributed by atoms with Gasteiger partial charge in [0.1, 0.15) is 0 Å². The van der Waals surface area contributed by atoms with Gasteiger partial charge in [-0.05, 0) is 24.6 Å². The Bertz CT molecular complexity index is 492. The second-order valence-electron chi connectivity index (χ2n) is 3.69. The third-order valence-electron chi connectivity index (χ3n) is 2.37. The molecule has 0 aliphatic heterocycles. The van der Waals surface area contributed by atoms with E-state index in [-0.39, 0.29) is 5.91 Å². The van der Waals surface area contributed by atoms with Crippen molar-refractivity contribution in [2.75, 3.05) is 5.32 Å². The van der Waals surface area contributed by atoms with Gasteiger partial charge in [0.2, 0.25) is 5.91 Å². The van der Waals surface area contributed by atoms with Gasteiger partial charge in [-0.1, -0.05) is 13.3 Å². The number of amides is 1. The van der Waals surface area contributed by atoms with E-state index < -0.39 is 0 Å². The Balaban J connectivity index is 2.06. The molecule has 2 aromatic rings. The molecule has 0 aliphatic carbocycles. The molecule has 0 spiro atoms. The Hall–Kier alpha value is -1.42.